The van der Waals surface area contributed by atoms with Crippen molar-refractivity contribution in [1.82, 2.24) is 0 Å². The molecule has 32 heavy (non-hydrogen) atoms. The van der Waals surface area contributed by atoms with Crippen LogP contribution in [0.1, 0.15) is 34.3 Å². The molecule has 0 aliphatic rings. The number of amides is 1. The second-order valence-corrected chi connectivity index (χ2v) is 9.49. The van der Waals surface area contributed by atoms with Gasteiger partial charge < -0.3 is 5.32 Å². The van der Waals surface area contributed by atoms with Gasteiger partial charge >= 0.3 is 0 Å². The standard InChI is InChI=1S/C24H23ClN2O4S/c1-16-10-11-17(2)20(14-16)23(28)12-13-24(29)26-18-6-5-7-19(15-18)32(30,31)27-22-9-4-3-8-21(22)25/h3-11,14-15,27H,12-13H2,1-2H3,(H,26,29). The predicted molar refractivity (Wildman–Crippen MR) is 127 cm³/mol. The van der Waals surface area contributed by atoms with Gasteiger partial charge in [0.2, 0.25) is 5.91 Å². The van der Waals surface area contributed by atoms with Crippen molar-refractivity contribution in [2.45, 2.75) is 31.6 Å². The number of halogens is 1. The summed E-state index contributed by atoms with van der Waals surface area (Å²) < 4.78 is 27.8. The summed E-state index contributed by atoms with van der Waals surface area (Å²) in [5.41, 5.74) is 3.03. The first-order valence-electron chi connectivity index (χ1n) is 9.93. The summed E-state index contributed by atoms with van der Waals surface area (Å²) in [5.74, 6) is -0.487. The minimum atomic E-state index is -3.90. The molecule has 1 amide bonds. The molecular weight excluding hydrogens is 448 g/mol. The number of aryl methyl sites for hydroxylation is 2. The van der Waals surface area contributed by atoms with E-state index in [-0.39, 0.29) is 40.1 Å². The Morgan fingerprint density at radius 2 is 1.66 bits per heavy atom. The van der Waals surface area contributed by atoms with Crippen molar-refractivity contribution in [2.24, 2.45) is 0 Å². The van der Waals surface area contributed by atoms with Crippen LogP contribution in [0.4, 0.5) is 11.4 Å². The highest BCUT2D eigenvalue weighted by atomic mass is 35.5. The number of Topliss-reactive ketones (excluding diaryl/α,β-unsaturated/α-hetero) is 1. The summed E-state index contributed by atoms with van der Waals surface area (Å²) >= 11 is 6.03. The summed E-state index contributed by atoms with van der Waals surface area (Å²) in [7, 11) is -3.90. The number of nitrogens with one attached hydrogen (secondary N) is 2. The Hall–Kier alpha value is -3.16. The number of para-hydroxylation sites is 1. The van der Waals surface area contributed by atoms with Gasteiger partial charge in [0.15, 0.2) is 5.78 Å². The van der Waals surface area contributed by atoms with Crippen molar-refractivity contribution in [1.29, 1.82) is 0 Å². The van der Waals surface area contributed by atoms with E-state index in [1.54, 1.807) is 30.3 Å². The van der Waals surface area contributed by atoms with Crippen LogP contribution in [-0.2, 0) is 14.8 Å². The van der Waals surface area contributed by atoms with Gasteiger partial charge in [-0.05, 0) is 55.8 Å². The molecule has 0 atom stereocenters. The van der Waals surface area contributed by atoms with Crippen LogP contribution in [0.2, 0.25) is 5.02 Å². The molecule has 0 heterocycles. The van der Waals surface area contributed by atoms with E-state index in [0.29, 0.717) is 11.3 Å². The first-order valence-corrected chi connectivity index (χ1v) is 11.8. The van der Waals surface area contributed by atoms with E-state index in [2.05, 4.69) is 10.0 Å². The molecule has 0 spiro atoms. The van der Waals surface area contributed by atoms with Gasteiger partial charge in [0.05, 0.1) is 15.6 Å². The van der Waals surface area contributed by atoms with Crippen LogP contribution in [0.3, 0.4) is 0 Å². The first kappa shape index (κ1) is 23.5. The molecule has 0 fully saturated rings. The highest BCUT2D eigenvalue weighted by molar-refractivity contribution is 7.92. The summed E-state index contributed by atoms with van der Waals surface area (Å²) in [5, 5.41) is 2.93. The van der Waals surface area contributed by atoms with Gasteiger partial charge in [-0.3, -0.25) is 14.3 Å². The van der Waals surface area contributed by atoms with Gasteiger partial charge in [-0.25, -0.2) is 8.42 Å². The molecule has 0 unspecified atom stereocenters. The molecule has 3 rings (SSSR count). The SMILES string of the molecule is Cc1ccc(C)c(C(=O)CCC(=O)Nc2cccc(S(=O)(=O)Nc3ccccc3Cl)c2)c1. The molecule has 3 aromatic rings. The zero-order chi connectivity index (χ0) is 23.3. The summed E-state index contributed by atoms with van der Waals surface area (Å²) in [4.78, 5) is 24.8. The van der Waals surface area contributed by atoms with Crippen LogP contribution in [0.15, 0.2) is 71.6 Å². The average molecular weight is 471 g/mol. The fourth-order valence-electron chi connectivity index (χ4n) is 3.11. The lowest BCUT2D eigenvalue weighted by molar-refractivity contribution is -0.116. The van der Waals surface area contributed by atoms with Crippen molar-refractivity contribution in [3.8, 4) is 0 Å². The molecule has 0 saturated heterocycles. The molecule has 0 radical (unpaired) electrons. The molecular formula is C24H23ClN2O4S. The molecule has 0 saturated carbocycles. The molecule has 3 aromatic carbocycles. The quantitative estimate of drug-likeness (QED) is 0.433. The number of hydrogen-bond donors (Lipinski definition) is 2. The van der Waals surface area contributed by atoms with E-state index in [9.17, 15) is 18.0 Å². The van der Waals surface area contributed by atoms with Crippen LogP contribution < -0.4 is 10.0 Å². The monoisotopic (exact) mass is 470 g/mol. The summed E-state index contributed by atoms with van der Waals surface area (Å²) in [6, 6.07) is 18.0. The maximum Gasteiger partial charge on any atom is 0.262 e. The second kappa shape index (κ2) is 9.97. The zero-order valence-corrected chi connectivity index (χ0v) is 19.3. The first-order chi connectivity index (χ1) is 15.2. The molecule has 6 nitrogen and oxygen atoms in total. The molecule has 0 bridgehead atoms. The van der Waals surface area contributed by atoms with Crippen LogP contribution in [0.5, 0.6) is 0 Å². The fraction of sp³-hybridized carbons (Fsp3) is 0.167. The van der Waals surface area contributed by atoms with E-state index in [1.807, 2.05) is 32.0 Å². The molecule has 166 valence electrons. The third-order valence-electron chi connectivity index (χ3n) is 4.82. The van der Waals surface area contributed by atoms with Gasteiger partial charge in [0.25, 0.3) is 10.0 Å². The van der Waals surface area contributed by atoms with Gasteiger partial charge in [-0.15, -0.1) is 0 Å². The number of hydrogen-bond acceptors (Lipinski definition) is 4. The smallest absolute Gasteiger partial charge is 0.262 e. The minimum absolute atomic E-state index is 0.0128. The van der Waals surface area contributed by atoms with Gasteiger partial charge in [-0.2, -0.15) is 0 Å². The third-order valence-corrected chi connectivity index (χ3v) is 6.51. The summed E-state index contributed by atoms with van der Waals surface area (Å²) in [6.07, 6.45) is 0.0449. The van der Waals surface area contributed by atoms with Crippen molar-refractivity contribution in [2.75, 3.05) is 10.0 Å². The maximum atomic E-state index is 12.7. The Balaban J connectivity index is 1.65. The molecule has 8 heteroatoms. The largest absolute Gasteiger partial charge is 0.326 e. The lowest BCUT2D eigenvalue weighted by Crippen LogP contribution is -2.16. The Morgan fingerprint density at radius 3 is 2.41 bits per heavy atom. The van der Waals surface area contributed by atoms with Crippen molar-refractivity contribution >= 4 is 44.7 Å². The number of benzene rings is 3. The van der Waals surface area contributed by atoms with Crippen LogP contribution >= 0.6 is 11.6 Å². The summed E-state index contributed by atoms with van der Waals surface area (Å²) in [6.45, 7) is 3.76. The number of rotatable bonds is 8. The number of ketones is 1. The molecule has 0 aliphatic carbocycles. The highest BCUT2D eigenvalue weighted by Gasteiger charge is 2.17. The minimum Gasteiger partial charge on any atom is -0.326 e. The topological polar surface area (TPSA) is 92.3 Å². The number of sulfonamides is 1. The Morgan fingerprint density at radius 1 is 0.906 bits per heavy atom. The van der Waals surface area contributed by atoms with Gasteiger partial charge in [-0.1, -0.05) is 47.5 Å². The molecule has 0 aromatic heterocycles. The van der Waals surface area contributed by atoms with Gasteiger partial charge in [0, 0.05) is 24.1 Å². The van der Waals surface area contributed by atoms with E-state index >= 15 is 0 Å². The fourth-order valence-corrected chi connectivity index (χ4v) is 4.47. The van der Waals surface area contributed by atoms with E-state index < -0.39 is 10.0 Å². The van der Waals surface area contributed by atoms with Crippen molar-refractivity contribution in [3.63, 3.8) is 0 Å². The lowest BCUT2D eigenvalue weighted by Gasteiger charge is -2.11. The number of carbonyl (C=O) groups is 2. The van der Waals surface area contributed by atoms with Crippen LogP contribution in [-0.4, -0.2) is 20.1 Å². The zero-order valence-electron chi connectivity index (χ0n) is 17.7. The third kappa shape index (κ3) is 5.96. The average Bonchev–Trinajstić information content (AvgIpc) is 2.75. The Kier molecular flexibility index (Phi) is 7.33. The van der Waals surface area contributed by atoms with Crippen molar-refractivity contribution < 1.29 is 18.0 Å². The number of anilines is 2. The highest BCUT2D eigenvalue weighted by Crippen LogP contribution is 2.25. The maximum absolute atomic E-state index is 12.7. The molecule has 0 aliphatic heterocycles. The Labute approximate surface area is 192 Å². The van der Waals surface area contributed by atoms with E-state index in [0.717, 1.165) is 11.1 Å². The van der Waals surface area contributed by atoms with Crippen LogP contribution in [0.25, 0.3) is 0 Å². The lowest BCUT2D eigenvalue weighted by atomic mass is 9.99. The predicted octanol–water partition coefficient (Wildman–Crippen LogP) is 5.36. The van der Waals surface area contributed by atoms with E-state index in [4.69, 9.17) is 11.6 Å². The van der Waals surface area contributed by atoms with Crippen molar-refractivity contribution in [3.05, 3.63) is 88.4 Å². The number of carbonyl (C=O) groups excluding carboxylic acids is 2. The second-order valence-electron chi connectivity index (χ2n) is 7.40. The Bertz CT molecular complexity index is 1270. The normalized spacial score (nSPS) is 11.1. The molecule has 2 N–H and O–H groups in total. The van der Waals surface area contributed by atoms with E-state index in [1.165, 1.54) is 18.2 Å². The van der Waals surface area contributed by atoms with Crippen LogP contribution in [0, 0.1) is 13.8 Å². The van der Waals surface area contributed by atoms with Gasteiger partial charge in [0.1, 0.15) is 0 Å².